The zero-order chi connectivity index (χ0) is 17.6. The molecule has 0 aromatic heterocycles. The van der Waals surface area contributed by atoms with Crippen molar-refractivity contribution in [3.8, 4) is 0 Å². The summed E-state index contributed by atoms with van der Waals surface area (Å²) in [6.07, 6.45) is 2.48. The first kappa shape index (κ1) is 21.6. The normalized spacial score (nSPS) is 13.7. The first-order valence-corrected chi connectivity index (χ1v) is 10.0. The van der Waals surface area contributed by atoms with Crippen molar-refractivity contribution in [3.63, 3.8) is 0 Å². The number of hydrogen-bond donors (Lipinski definition) is 2. The maximum absolute atomic E-state index is 11.4. The summed E-state index contributed by atoms with van der Waals surface area (Å²) in [5.74, 6) is 0. The molecule has 0 heterocycles. The number of halogens is 1. The zero-order valence-corrected chi connectivity index (χ0v) is 16.2. The van der Waals surface area contributed by atoms with Crippen molar-refractivity contribution in [3.05, 3.63) is 65.7 Å². The van der Waals surface area contributed by atoms with Gasteiger partial charge in [0, 0.05) is 18.8 Å². The molecule has 2 aromatic rings. The molecule has 6 heteroatoms. The summed E-state index contributed by atoms with van der Waals surface area (Å²) in [6, 6.07) is 16.9. The number of hydrogen-bond acceptors (Lipinski definition) is 4. The van der Waals surface area contributed by atoms with Crippen molar-refractivity contribution >= 4 is 22.2 Å². The van der Waals surface area contributed by atoms with Crippen molar-refractivity contribution in [1.82, 2.24) is 5.32 Å². The highest BCUT2D eigenvalue weighted by molar-refractivity contribution is 7.90. The van der Waals surface area contributed by atoms with E-state index >= 15 is 0 Å². The van der Waals surface area contributed by atoms with E-state index < -0.39 is 15.9 Å². The van der Waals surface area contributed by atoms with Crippen LogP contribution in [0, 0.1) is 0 Å². The standard InChI is InChI=1S/C19H25NO3S.ClH/c1-15(20-14-19(21)17-6-4-3-5-7-17)8-9-16-10-12-18(13-11-16)24(2,22)23;/h3-7,10-13,15,19-21H,8-9,14H2,1-2H3;1H/t15-,19-;/m0./s1. The van der Waals surface area contributed by atoms with Crippen LogP contribution in [-0.4, -0.2) is 32.4 Å². The molecule has 0 aliphatic heterocycles. The highest BCUT2D eigenvalue weighted by Gasteiger charge is 2.10. The molecular formula is C19H26ClNO3S. The number of sulfone groups is 1. The Bertz CT molecular complexity index is 733. The van der Waals surface area contributed by atoms with Gasteiger partial charge in [-0.15, -0.1) is 12.4 Å². The summed E-state index contributed by atoms with van der Waals surface area (Å²) in [5.41, 5.74) is 2.02. The number of aliphatic hydroxyl groups is 1. The van der Waals surface area contributed by atoms with Crippen LogP contribution in [0.5, 0.6) is 0 Å². The van der Waals surface area contributed by atoms with Crippen LogP contribution in [0.25, 0.3) is 0 Å². The molecule has 0 aliphatic carbocycles. The number of aliphatic hydroxyl groups excluding tert-OH is 1. The van der Waals surface area contributed by atoms with Crippen molar-refractivity contribution in [2.24, 2.45) is 0 Å². The molecule has 0 aliphatic rings. The van der Waals surface area contributed by atoms with Gasteiger partial charge in [-0.05, 0) is 43.0 Å². The highest BCUT2D eigenvalue weighted by atomic mass is 35.5. The first-order chi connectivity index (χ1) is 11.4. The van der Waals surface area contributed by atoms with E-state index in [9.17, 15) is 13.5 Å². The quantitative estimate of drug-likeness (QED) is 0.734. The fourth-order valence-corrected chi connectivity index (χ4v) is 3.12. The predicted octanol–water partition coefficient (Wildman–Crippen LogP) is 3.16. The fraction of sp³-hybridized carbons (Fsp3) is 0.368. The van der Waals surface area contributed by atoms with Crippen molar-refractivity contribution in [1.29, 1.82) is 0 Å². The highest BCUT2D eigenvalue weighted by Crippen LogP contribution is 2.13. The Hall–Kier alpha value is -1.40. The van der Waals surface area contributed by atoms with Gasteiger partial charge in [0.15, 0.2) is 9.84 Å². The topological polar surface area (TPSA) is 66.4 Å². The van der Waals surface area contributed by atoms with Crippen molar-refractivity contribution in [2.45, 2.75) is 36.8 Å². The van der Waals surface area contributed by atoms with Crippen LogP contribution in [0.4, 0.5) is 0 Å². The largest absolute Gasteiger partial charge is 0.387 e. The molecule has 0 saturated heterocycles. The van der Waals surface area contributed by atoms with Crippen LogP contribution in [0.2, 0.25) is 0 Å². The molecule has 0 bridgehead atoms. The van der Waals surface area contributed by atoms with Gasteiger partial charge >= 0.3 is 0 Å². The first-order valence-electron chi connectivity index (χ1n) is 8.11. The van der Waals surface area contributed by atoms with E-state index in [1.807, 2.05) is 42.5 Å². The van der Waals surface area contributed by atoms with Crippen LogP contribution >= 0.6 is 12.4 Å². The van der Waals surface area contributed by atoms with Gasteiger partial charge in [-0.25, -0.2) is 8.42 Å². The second-order valence-electron chi connectivity index (χ2n) is 6.19. The molecular weight excluding hydrogens is 358 g/mol. The lowest BCUT2D eigenvalue weighted by Gasteiger charge is -2.17. The summed E-state index contributed by atoms with van der Waals surface area (Å²) in [7, 11) is -3.14. The van der Waals surface area contributed by atoms with E-state index in [2.05, 4.69) is 12.2 Å². The van der Waals surface area contributed by atoms with Crippen LogP contribution in [0.15, 0.2) is 59.5 Å². The maximum atomic E-state index is 11.4. The van der Waals surface area contributed by atoms with Crippen molar-refractivity contribution in [2.75, 3.05) is 12.8 Å². The Labute approximate surface area is 156 Å². The summed E-state index contributed by atoms with van der Waals surface area (Å²) < 4.78 is 22.9. The lowest BCUT2D eigenvalue weighted by Crippen LogP contribution is -2.30. The lowest BCUT2D eigenvalue weighted by atomic mass is 10.1. The summed E-state index contributed by atoms with van der Waals surface area (Å²) >= 11 is 0. The molecule has 2 aromatic carbocycles. The average Bonchev–Trinajstić information content (AvgIpc) is 2.58. The molecule has 0 fully saturated rings. The number of benzene rings is 2. The number of nitrogens with one attached hydrogen (secondary N) is 1. The third-order valence-corrected chi connectivity index (χ3v) is 5.19. The van der Waals surface area contributed by atoms with Gasteiger partial charge < -0.3 is 10.4 Å². The third-order valence-electron chi connectivity index (χ3n) is 4.06. The maximum Gasteiger partial charge on any atom is 0.175 e. The van der Waals surface area contributed by atoms with Crippen LogP contribution in [0.3, 0.4) is 0 Å². The predicted molar refractivity (Wildman–Crippen MR) is 104 cm³/mol. The van der Waals surface area contributed by atoms with Gasteiger partial charge in [-0.2, -0.15) is 0 Å². The van der Waals surface area contributed by atoms with E-state index in [0.29, 0.717) is 11.4 Å². The molecule has 2 rings (SSSR count). The second-order valence-corrected chi connectivity index (χ2v) is 8.21. The molecule has 0 unspecified atom stereocenters. The monoisotopic (exact) mass is 383 g/mol. The summed E-state index contributed by atoms with van der Waals surface area (Å²) in [4.78, 5) is 0.350. The van der Waals surface area contributed by atoms with E-state index in [1.165, 1.54) is 6.26 Å². The Morgan fingerprint density at radius 1 is 1.04 bits per heavy atom. The zero-order valence-electron chi connectivity index (χ0n) is 14.6. The average molecular weight is 384 g/mol. The Balaban J connectivity index is 0.00000312. The van der Waals surface area contributed by atoms with Crippen LogP contribution < -0.4 is 5.32 Å². The second kappa shape index (κ2) is 9.92. The molecule has 0 radical (unpaired) electrons. The minimum Gasteiger partial charge on any atom is -0.387 e. The lowest BCUT2D eigenvalue weighted by molar-refractivity contribution is 0.170. The molecule has 0 spiro atoms. The molecule has 2 atom stereocenters. The molecule has 25 heavy (non-hydrogen) atoms. The molecule has 138 valence electrons. The minimum absolute atomic E-state index is 0. The fourth-order valence-electron chi connectivity index (χ4n) is 2.49. The summed E-state index contributed by atoms with van der Waals surface area (Å²) in [5, 5.41) is 13.5. The smallest absolute Gasteiger partial charge is 0.175 e. The van der Waals surface area contributed by atoms with E-state index in [4.69, 9.17) is 0 Å². The number of rotatable bonds is 8. The van der Waals surface area contributed by atoms with Gasteiger partial charge in [0.25, 0.3) is 0 Å². The van der Waals surface area contributed by atoms with E-state index in [1.54, 1.807) is 12.1 Å². The SMILES string of the molecule is C[C@@H](CCc1ccc(S(C)(=O)=O)cc1)NC[C@H](O)c1ccccc1.Cl. The van der Waals surface area contributed by atoms with Gasteiger partial charge in [0.2, 0.25) is 0 Å². The van der Waals surface area contributed by atoms with Gasteiger partial charge in [-0.1, -0.05) is 42.5 Å². The van der Waals surface area contributed by atoms with Crippen LogP contribution in [0.1, 0.15) is 30.6 Å². The molecule has 2 N–H and O–H groups in total. The summed E-state index contributed by atoms with van der Waals surface area (Å²) in [6.45, 7) is 2.60. The molecule has 0 amide bonds. The minimum atomic E-state index is -3.14. The molecule has 4 nitrogen and oxygen atoms in total. The van der Waals surface area contributed by atoms with Gasteiger partial charge in [-0.3, -0.25) is 0 Å². The Morgan fingerprint density at radius 2 is 1.64 bits per heavy atom. The van der Waals surface area contributed by atoms with E-state index in [0.717, 1.165) is 24.0 Å². The Morgan fingerprint density at radius 3 is 2.20 bits per heavy atom. The van der Waals surface area contributed by atoms with Crippen molar-refractivity contribution < 1.29 is 13.5 Å². The van der Waals surface area contributed by atoms with Crippen LogP contribution in [-0.2, 0) is 16.3 Å². The molecule has 0 saturated carbocycles. The number of aryl methyl sites for hydroxylation is 1. The third kappa shape index (κ3) is 7.16. The Kier molecular flexibility index (Phi) is 8.59. The van der Waals surface area contributed by atoms with E-state index in [-0.39, 0.29) is 18.4 Å². The van der Waals surface area contributed by atoms with Gasteiger partial charge in [0.1, 0.15) is 0 Å². The van der Waals surface area contributed by atoms with Gasteiger partial charge in [0.05, 0.1) is 11.0 Å².